The molecule has 0 bridgehead atoms. The molecule has 2 aliphatic heterocycles. The number of nitrogens with zero attached hydrogens (tertiary/aromatic N) is 1. The summed E-state index contributed by atoms with van der Waals surface area (Å²) in [6.07, 6.45) is 1.99. The van der Waals surface area contributed by atoms with Crippen LogP contribution in [0.2, 0.25) is 0 Å². The number of carbonyl (C=O) groups is 2. The standard InChI is InChI=1S/C35H44N4O6/c36-30-5-1-2-6-31(30)38-34(42)8-4-3-7-33(41)37-22-25-9-15-28(16-10-25)35-44-29(23-39-17-19-43-20-18-39)21-32(45-35)27-13-11-26(24-40)12-14-27/h1-2,5-6,9-16,29,32,35,40H,3-4,7-8,17-24,36H2,(H,37,41)(H,38,42)/t29-,32+,35+/m1/s1. The summed E-state index contributed by atoms with van der Waals surface area (Å²) in [4.78, 5) is 27.0. The van der Waals surface area contributed by atoms with Crippen molar-refractivity contribution in [2.75, 3.05) is 43.9 Å². The number of ether oxygens (including phenoxy) is 3. The second-order valence-corrected chi connectivity index (χ2v) is 11.6. The molecule has 10 nitrogen and oxygen atoms in total. The number of hydrogen-bond acceptors (Lipinski definition) is 8. The molecule has 2 heterocycles. The first kappa shape index (κ1) is 32.6. The van der Waals surface area contributed by atoms with E-state index in [2.05, 4.69) is 15.5 Å². The van der Waals surface area contributed by atoms with Crippen molar-refractivity contribution >= 4 is 23.2 Å². The number of nitrogens with one attached hydrogen (secondary N) is 2. The molecule has 5 N–H and O–H groups in total. The first-order chi connectivity index (χ1) is 22.0. The number of aliphatic hydroxyl groups is 1. The number of nitrogen functional groups attached to an aromatic ring is 1. The van der Waals surface area contributed by atoms with Crippen molar-refractivity contribution in [1.29, 1.82) is 0 Å². The lowest BCUT2D eigenvalue weighted by atomic mass is 9.99. The van der Waals surface area contributed by atoms with Crippen molar-refractivity contribution in [3.63, 3.8) is 0 Å². The Morgan fingerprint density at radius 3 is 2.22 bits per heavy atom. The largest absolute Gasteiger partial charge is 0.397 e. The van der Waals surface area contributed by atoms with Crippen LogP contribution < -0.4 is 16.4 Å². The van der Waals surface area contributed by atoms with Gasteiger partial charge in [0, 0.05) is 51.0 Å². The van der Waals surface area contributed by atoms with E-state index in [0.717, 1.165) is 61.5 Å². The van der Waals surface area contributed by atoms with Gasteiger partial charge >= 0.3 is 0 Å². The van der Waals surface area contributed by atoms with Crippen LogP contribution in [0.3, 0.4) is 0 Å². The number of aliphatic hydroxyl groups excluding tert-OH is 1. The number of rotatable bonds is 13. The van der Waals surface area contributed by atoms with Crippen LogP contribution in [0.4, 0.5) is 11.4 Å². The highest BCUT2D eigenvalue weighted by Gasteiger charge is 2.33. The number of morpholine rings is 1. The van der Waals surface area contributed by atoms with E-state index in [9.17, 15) is 14.7 Å². The second kappa shape index (κ2) is 16.5. The third-order valence-electron chi connectivity index (χ3n) is 8.21. The van der Waals surface area contributed by atoms with Gasteiger partial charge in [0.05, 0.1) is 43.4 Å². The summed E-state index contributed by atoms with van der Waals surface area (Å²) in [5.74, 6) is -0.163. The molecule has 3 aromatic carbocycles. The van der Waals surface area contributed by atoms with Crippen molar-refractivity contribution < 1.29 is 28.9 Å². The summed E-state index contributed by atoms with van der Waals surface area (Å²) in [5.41, 5.74) is 10.8. The van der Waals surface area contributed by atoms with Gasteiger partial charge in [0.15, 0.2) is 6.29 Å². The Morgan fingerprint density at radius 1 is 0.844 bits per heavy atom. The topological polar surface area (TPSA) is 135 Å². The first-order valence-corrected chi connectivity index (χ1v) is 15.8. The number of hydrogen-bond donors (Lipinski definition) is 4. The van der Waals surface area contributed by atoms with Gasteiger partial charge in [0.25, 0.3) is 0 Å². The Balaban J connectivity index is 1.09. The van der Waals surface area contributed by atoms with Gasteiger partial charge in [-0.2, -0.15) is 0 Å². The van der Waals surface area contributed by atoms with Gasteiger partial charge in [0.1, 0.15) is 0 Å². The van der Waals surface area contributed by atoms with Gasteiger partial charge < -0.3 is 35.7 Å². The number of nitrogens with two attached hydrogens (primary N) is 1. The summed E-state index contributed by atoms with van der Waals surface area (Å²) in [6, 6.07) is 23.0. The Hall–Kier alpha value is -3.80. The molecular formula is C35H44N4O6. The van der Waals surface area contributed by atoms with Crippen molar-refractivity contribution in [2.45, 2.75) is 63.8 Å². The Kier molecular flexibility index (Phi) is 11.9. The van der Waals surface area contributed by atoms with Crippen LogP contribution in [0, 0.1) is 0 Å². The zero-order valence-electron chi connectivity index (χ0n) is 25.7. The summed E-state index contributed by atoms with van der Waals surface area (Å²) in [6.45, 7) is 4.48. The molecule has 3 atom stereocenters. The summed E-state index contributed by atoms with van der Waals surface area (Å²) in [5, 5.41) is 15.2. The molecule has 0 spiro atoms. The molecule has 5 rings (SSSR count). The highest BCUT2D eigenvalue weighted by molar-refractivity contribution is 5.93. The highest BCUT2D eigenvalue weighted by atomic mass is 16.7. The number of unbranched alkanes of at least 4 members (excludes halogenated alkanes) is 1. The molecule has 10 heteroatoms. The van der Waals surface area contributed by atoms with Crippen LogP contribution in [0.15, 0.2) is 72.8 Å². The van der Waals surface area contributed by atoms with Crippen LogP contribution in [0.25, 0.3) is 0 Å². The molecule has 45 heavy (non-hydrogen) atoms. The third kappa shape index (κ3) is 9.84. The predicted molar refractivity (Wildman–Crippen MR) is 172 cm³/mol. The molecule has 240 valence electrons. The normalized spacial score (nSPS) is 20.4. The SMILES string of the molecule is Nc1ccccc1NC(=O)CCCCC(=O)NCc1ccc([C@H]2O[C@@H](CN3CCOCC3)C[C@@H](c3ccc(CO)cc3)O2)cc1. The molecule has 3 aromatic rings. The van der Waals surface area contributed by atoms with E-state index in [1.165, 1.54) is 0 Å². The zero-order valence-corrected chi connectivity index (χ0v) is 25.7. The average Bonchev–Trinajstić information content (AvgIpc) is 3.07. The van der Waals surface area contributed by atoms with Gasteiger partial charge in [-0.1, -0.05) is 60.7 Å². The van der Waals surface area contributed by atoms with Crippen LogP contribution in [0.5, 0.6) is 0 Å². The minimum atomic E-state index is -0.522. The van der Waals surface area contributed by atoms with Crippen LogP contribution in [0.1, 0.15) is 66.8 Å². The highest BCUT2D eigenvalue weighted by Crippen LogP contribution is 2.38. The fourth-order valence-electron chi connectivity index (χ4n) is 5.58. The van der Waals surface area contributed by atoms with Gasteiger partial charge in [-0.3, -0.25) is 14.5 Å². The van der Waals surface area contributed by atoms with E-state index in [1.807, 2.05) is 60.7 Å². The minimum Gasteiger partial charge on any atom is -0.397 e. The van der Waals surface area contributed by atoms with Gasteiger partial charge in [0.2, 0.25) is 11.8 Å². The quantitative estimate of drug-likeness (QED) is 0.163. The molecule has 2 amide bonds. The van der Waals surface area contributed by atoms with E-state index in [0.29, 0.717) is 43.6 Å². The Bertz CT molecular complexity index is 1380. The molecule has 0 saturated carbocycles. The second-order valence-electron chi connectivity index (χ2n) is 11.6. The first-order valence-electron chi connectivity index (χ1n) is 15.8. The number of anilines is 2. The molecule has 2 saturated heterocycles. The molecular weight excluding hydrogens is 572 g/mol. The van der Waals surface area contributed by atoms with Gasteiger partial charge in [-0.15, -0.1) is 0 Å². The molecule has 2 fully saturated rings. The van der Waals surface area contributed by atoms with Crippen molar-refractivity contribution in [3.8, 4) is 0 Å². The summed E-state index contributed by atoms with van der Waals surface area (Å²) >= 11 is 0. The van der Waals surface area contributed by atoms with Crippen LogP contribution in [-0.2, 0) is 37.0 Å². The fraction of sp³-hybridized carbons (Fsp3) is 0.429. The minimum absolute atomic E-state index is 0.00811. The molecule has 0 aliphatic carbocycles. The maximum atomic E-state index is 12.4. The van der Waals surface area contributed by atoms with E-state index >= 15 is 0 Å². The summed E-state index contributed by atoms with van der Waals surface area (Å²) < 4.78 is 18.5. The van der Waals surface area contributed by atoms with Gasteiger partial charge in [-0.25, -0.2) is 0 Å². The molecule has 0 unspecified atom stereocenters. The third-order valence-corrected chi connectivity index (χ3v) is 8.21. The van der Waals surface area contributed by atoms with Crippen LogP contribution in [-0.4, -0.2) is 60.8 Å². The van der Waals surface area contributed by atoms with E-state index < -0.39 is 6.29 Å². The Labute approximate surface area is 264 Å². The fourth-order valence-corrected chi connectivity index (χ4v) is 5.58. The Morgan fingerprint density at radius 2 is 1.51 bits per heavy atom. The van der Waals surface area contributed by atoms with Gasteiger partial charge in [-0.05, 0) is 41.7 Å². The number of carbonyl (C=O) groups excluding carboxylic acids is 2. The smallest absolute Gasteiger partial charge is 0.224 e. The summed E-state index contributed by atoms with van der Waals surface area (Å²) in [7, 11) is 0. The van der Waals surface area contributed by atoms with Crippen molar-refractivity contribution in [1.82, 2.24) is 10.2 Å². The molecule has 0 radical (unpaired) electrons. The van der Waals surface area contributed by atoms with E-state index in [4.69, 9.17) is 19.9 Å². The number of benzene rings is 3. The predicted octanol–water partition coefficient (Wildman–Crippen LogP) is 4.45. The lowest BCUT2D eigenvalue weighted by Crippen LogP contribution is -2.44. The number of para-hydroxylation sites is 2. The lowest BCUT2D eigenvalue weighted by Gasteiger charge is -2.39. The van der Waals surface area contributed by atoms with E-state index in [1.54, 1.807) is 12.1 Å². The van der Waals surface area contributed by atoms with E-state index in [-0.39, 0.29) is 30.6 Å². The number of amides is 2. The molecule has 0 aromatic heterocycles. The maximum absolute atomic E-state index is 12.4. The van der Waals surface area contributed by atoms with Crippen molar-refractivity contribution in [2.24, 2.45) is 0 Å². The molecule has 2 aliphatic rings. The average molecular weight is 617 g/mol. The van der Waals surface area contributed by atoms with Crippen LogP contribution >= 0.6 is 0 Å². The monoisotopic (exact) mass is 616 g/mol. The lowest BCUT2D eigenvalue weighted by molar-refractivity contribution is -0.253. The zero-order chi connectivity index (χ0) is 31.4. The maximum Gasteiger partial charge on any atom is 0.224 e. The van der Waals surface area contributed by atoms with Crippen molar-refractivity contribution in [3.05, 3.63) is 95.1 Å².